The monoisotopic (exact) mass is 384 g/mol. The zero-order valence-corrected chi connectivity index (χ0v) is 14.2. The summed E-state index contributed by atoms with van der Waals surface area (Å²) in [6.07, 6.45) is -2.56. The van der Waals surface area contributed by atoms with Crippen LogP contribution >= 0.6 is 0 Å². The maximum absolute atomic E-state index is 12.3. The van der Waals surface area contributed by atoms with Crippen LogP contribution in [0.25, 0.3) is 0 Å². The Balaban J connectivity index is 2.37. The molecule has 2 heterocycles. The van der Waals surface area contributed by atoms with Crippen LogP contribution in [0.15, 0.2) is 34.6 Å². The Morgan fingerprint density at radius 3 is 2.48 bits per heavy atom. The highest BCUT2D eigenvalue weighted by molar-refractivity contribution is 5.92. The minimum atomic E-state index is -1.75. The van der Waals surface area contributed by atoms with E-state index in [1.807, 2.05) is 0 Å². The van der Waals surface area contributed by atoms with Crippen LogP contribution in [0.2, 0.25) is 0 Å². The molecule has 0 radical (unpaired) electrons. The molecular formula is C16H20N2O9. The molecule has 2 rings (SSSR count). The van der Waals surface area contributed by atoms with Crippen molar-refractivity contribution in [2.45, 2.75) is 37.3 Å². The molecular weight excluding hydrogens is 364 g/mol. The molecule has 0 aromatic carbocycles. The molecule has 11 heteroatoms. The Morgan fingerprint density at radius 2 is 1.96 bits per heavy atom. The highest BCUT2D eigenvalue weighted by atomic mass is 16.5. The molecule has 0 saturated heterocycles. The van der Waals surface area contributed by atoms with Crippen molar-refractivity contribution in [2.24, 2.45) is 0 Å². The van der Waals surface area contributed by atoms with Gasteiger partial charge in [-0.3, -0.25) is 9.59 Å². The van der Waals surface area contributed by atoms with E-state index in [1.54, 1.807) is 0 Å². The molecule has 1 aliphatic rings. The van der Waals surface area contributed by atoms with E-state index < -0.39 is 60.5 Å². The Hall–Kier alpha value is -2.89. The lowest BCUT2D eigenvalue weighted by atomic mass is 9.92. The van der Waals surface area contributed by atoms with Gasteiger partial charge in [0.2, 0.25) is 11.7 Å². The molecule has 6 N–H and O–H groups in total. The maximum Gasteiger partial charge on any atom is 0.370 e. The number of amides is 2. The minimum Gasteiger partial charge on any atom is -0.478 e. The summed E-state index contributed by atoms with van der Waals surface area (Å²) in [5, 5.41) is 43.2. The Morgan fingerprint density at radius 1 is 1.26 bits per heavy atom. The molecule has 1 aromatic heterocycles. The fourth-order valence-electron chi connectivity index (χ4n) is 2.63. The predicted molar refractivity (Wildman–Crippen MR) is 87.3 cm³/mol. The van der Waals surface area contributed by atoms with Crippen molar-refractivity contribution in [1.82, 2.24) is 10.6 Å². The molecule has 11 nitrogen and oxygen atoms in total. The molecule has 0 unspecified atom stereocenters. The number of nitrogens with one attached hydrogen (secondary N) is 2. The highest BCUT2D eigenvalue weighted by Gasteiger charge is 2.44. The maximum atomic E-state index is 12.3. The zero-order valence-electron chi connectivity index (χ0n) is 14.2. The summed E-state index contributed by atoms with van der Waals surface area (Å²) in [7, 11) is 0. The lowest BCUT2D eigenvalue weighted by Gasteiger charge is -2.39. The first-order valence-electron chi connectivity index (χ1n) is 7.94. The molecule has 1 aromatic rings. The summed E-state index contributed by atoms with van der Waals surface area (Å²) >= 11 is 0. The van der Waals surface area contributed by atoms with Crippen LogP contribution in [0.4, 0.5) is 0 Å². The van der Waals surface area contributed by atoms with Crippen molar-refractivity contribution in [2.75, 3.05) is 6.61 Å². The van der Waals surface area contributed by atoms with E-state index in [0.29, 0.717) is 0 Å². The Bertz CT molecular complexity index is 715. The summed E-state index contributed by atoms with van der Waals surface area (Å²) in [4.78, 5) is 35.2. The van der Waals surface area contributed by atoms with E-state index in [4.69, 9.17) is 14.3 Å². The van der Waals surface area contributed by atoms with Gasteiger partial charge in [0.15, 0.2) is 5.76 Å². The van der Waals surface area contributed by atoms with Crippen molar-refractivity contribution in [3.8, 4) is 0 Å². The highest BCUT2D eigenvalue weighted by Crippen LogP contribution is 2.23. The second kappa shape index (κ2) is 8.66. The largest absolute Gasteiger partial charge is 0.478 e. The number of ether oxygens (including phenoxy) is 1. The van der Waals surface area contributed by atoms with Gasteiger partial charge in [-0.05, 0) is 18.2 Å². The topological polar surface area (TPSA) is 179 Å². The molecule has 5 atom stereocenters. The van der Waals surface area contributed by atoms with Crippen molar-refractivity contribution in [3.05, 3.63) is 36.0 Å². The quantitative estimate of drug-likeness (QED) is 0.309. The van der Waals surface area contributed by atoms with E-state index in [-0.39, 0.29) is 5.76 Å². The average Bonchev–Trinajstić information content (AvgIpc) is 3.15. The number of hydrogen-bond donors (Lipinski definition) is 6. The van der Waals surface area contributed by atoms with Crippen LogP contribution in [-0.4, -0.2) is 75.2 Å². The van der Waals surface area contributed by atoms with E-state index in [0.717, 1.165) is 6.08 Å². The minimum absolute atomic E-state index is 0.0548. The van der Waals surface area contributed by atoms with Gasteiger partial charge >= 0.3 is 5.97 Å². The number of carboxylic acids is 1. The van der Waals surface area contributed by atoms with Gasteiger partial charge in [0, 0.05) is 6.92 Å². The third-order valence-corrected chi connectivity index (χ3v) is 3.88. The number of carboxylic acid groups (broad SMARTS) is 1. The van der Waals surface area contributed by atoms with E-state index in [1.165, 1.54) is 25.3 Å². The first kappa shape index (κ1) is 20.4. The molecule has 0 saturated carbocycles. The number of carbonyl (C=O) groups excluding carboxylic acids is 2. The Kier molecular flexibility index (Phi) is 6.55. The number of furan rings is 1. The van der Waals surface area contributed by atoms with Crippen molar-refractivity contribution < 1.29 is 44.0 Å². The van der Waals surface area contributed by atoms with E-state index >= 15 is 0 Å². The van der Waals surface area contributed by atoms with Crippen LogP contribution < -0.4 is 10.6 Å². The molecule has 0 aliphatic carbocycles. The normalized spacial score (nSPS) is 24.1. The van der Waals surface area contributed by atoms with Gasteiger partial charge in [-0.25, -0.2) is 4.79 Å². The van der Waals surface area contributed by atoms with Crippen molar-refractivity contribution >= 4 is 17.8 Å². The summed E-state index contributed by atoms with van der Waals surface area (Å²) < 4.78 is 10.2. The summed E-state index contributed by atoms with van der Waals surface area (Å²) in [6, 6.07) is 0.608. The van der Waals surface area contributed by atoms with E-state index in [9.17, 15) is 29.7 Å². The zero-order chi connectivity index (χ0) is 20.1. The van der Waals surface area contributed by atoms with Gasteiger partial charge in [0.1, 0.15) is 18.3 Å². The predicted octanol–water partition coefficient (Wildman–Crippen LogP) is -2.04. The second-order valence-corrected chi connectivity index (χ2v) is 5.86. The first-order chi connectivity index (χ1) is 12.7. The number of hydrogen-bond acceptors (Lipinski definition) is 8. The van der Waals surface area contributed by atoms with Crippen molar-refractivity contribution in [1.29, 1.82) is 0 Å². The van der Waals surface area contributed by atoms with Crippen LogP contribution in [0.3, 0.4) is 0 Å². The lowest BCUT2D eigenvalue weighted by molar-refractivity contribution is -0.146. The summed E-state index contributed by atoms with van der Waals surface area (Å²) in [6.45, 7) is 0.344. The van der Waals surface area contributed by atoms with Gasteiger partial charge < -0.3 is 40.2 Å². The first-order valence-corrected chi connectivity index (χ1v) is 7.94. The average molecular weight is 384 g/mol. The van der Waals surface area contributed by atoms with Gasteiger partial charge in [-0.1, -0.05) is 0 Å². The smallest absolute Gasteiger partial charge is 0.370 e. The molecule has 2 amide bonds. The summed E-state index contributed by atoms with van der Waals surface area (Å²) in [5.74, 6) is -3.39. The molecule has 27 heavy (non-hydrogen) atoms. The SMILES string of the molecule is CC(=O)N[C@H]1[C@H]([C@H](O)[C@H](O)CO)OC(C(=O)O)=C[C@@H]1NC(=O)c1ccco1. The van der Waals surface area contributed by atoms with Crippen LogP contribution in [0, 0.1) is 0 Å². The fourth-order valence-corrected chi connectivity index (χ4v) is 2.63. The van der Waals surface area contributed by atoms with Crippen molar-refractivity contribution in [3.63, 3.8) is 0 Å². The van der Waals surface area contributed by atoms with Gasteiger partial charge in [-0.2, -0.15) is 0 Å². The lowest BCUT2D eigenvalue weighted by Crippen LogP contribution is -2.63. The number of aliphatic hydroxyl groups is 3. The molecule has 1 aliphatic heterocycles. The molecule has 0 fully saturated rings. The number of aliphatic hydroxyl groups excluding tert-OH is 3. The second-order valence-electron chi connectivity index (χ2n) is 5.86. The van der Waals surface area contributed by atoms with Crippen LogP contribution in [0.1, 0.15) is 17.5 Å². The Labute approximate surface area is 153 Å². The molecule has 0 bridgehead atoms. The number of carbonyl (C=O) groups is 3. The molecule has 148 valence electrons. The molecule has 0 spiro atoms. The third kappa shape index (κ3) is 4.84. The third-order valence-electron chi connectivity index (χ3n) is 3.88. The fraction of sp³-hybridized carbons (Fsp3) is 0.438. The van der Waals surface area contributed by atoms with Gasteiger partial charge in [0.05, 0.1) is 25.0 Å². The van der Waals surface area contributed by atoms with Gasteiger partial charge in [-0.15, -0.1) is 0 Å². The van der Waals surface area contributed by atoms with Gasteiger partial charge in [0.25, 0.3) is 5.91 Å². The standard InChI is InChI=1S/C16H20N2O9/c1-7(20)17-12-8(18-15(23)10-3-2-4-26-10)5-11(16(24)25)27-14(12)13(22)9(21)6-19/h2-5,8-9,12-14,19,21-22H,6H2,1H3,(H,17,20)(H,18,23)(H,24,25)/t8-,9+,12+,13+,14+/m0/s1. The number of aliphatic carboxylic acids is 1. The van der Waals surface area contributed by atoms with E-state index in [2.05, 4.69) is 10.6 Å². The number of rotatable bonds is 7. The van der Waals surface area contributed by atoms with Crippen LogP contribution in [-0.2, 0) is 14.3 Å². The van der Waals surface area contributed by atoms with Crippen LogP contribution in [0.5, 0.6) is 0 Å². The summed E-state index contributed by atoms with van der Waals surface area (Å²) in [5.41, 5.74) is 0.